The van der Waals surface area contributed by atoms with Gasteiger partial charge in [-0.25, -0.2) is 0 Å². The van der Waals surface area contributed by atoms with E-state index in [-0.39, 0.29) is 0 Å². The van der Waals surface area contributed by atoms with Crippen molar-refractivity contribution in [2.24, 2.45) is 0 Å². The highest BCUT2D eigenvalue weighted by molar-refractivity contribution is 5.36. The number of nitrogens with one attached hydrogen (secondary N) is 2. The molecule has 0 aliphatic rings. The Balaban J connectivity index is 3.37. The van der Waals surface area contributed by atoms with Gasteiger partial charge in [0.2, 0.25) is 0 Å². The lowest BCUT2D eigenvalue weighted by atomic mass is 10.1. The molecule has 1 heterocycles. The van der Waals surface area contributed by atoms with Gasteiger partial charge in [-0.1, -0.05) is 13.3 Å². The first-order valence-electron chi connectivity index (χ1n) is 4.66. The Morgan fingerprint density at radius 3 is 2.71 bits per heavy atom. The van der Waals surface area contributed by atoms with Crippen molar-refractivity contribution in [1.82, 2.24) is 9.94 Å². The lowest BCUT2D eigenvalue weighted by molar-refractivity contribution is 0.137. The molecule has 78 valence electrons. The Bertz CT molecular complexity index is 383. The van der Waals surface area contributed by atoms with Crippen LogP contribution in [0.5, 0.6) is 0 Å². The van der Waals surface area contributed by atoms with Crippen LogP contribution < -0.4 is 10.7 Å². The van der Waals surface area contributed by atoms with E-state index in [0.717, 1.165) is 23.3 Å². The maximum Gasteiger partial charge on any atom is 0.175 e. The molecule has 1 aromatic heterocycles. The molecule has 0 atom stereocenters. The first-order chi connectivity index (χ1) is 6.61. The van der Waals surface area contributed by atoms with Crippen LogP contribution in [0.15, 0.2) is 0 Å². The Hall–Kier alpha value is -1.52. The van der Waals surface area contributed by atoms with E-state index in [0.29, 0.717) is 16.9 Å². The molecule has 0 aliphatic heterocycles. The van der Waals surface area contributed by atoms with Crippen molar-refractivity contribution in [1.29, 1.82) is 5.41 Å². The number of hydrogen-bond donors (Lipinski definition) is 3. The van der Waals surface area contributed by atoms with E-state index in [1.165, 1.54) is 0 Å². The zero-order chi connectivity index (χ0) is 10.7. The topological polar surface area (TPSA) is 73.9 Å². The zero-order valence-corrected chi connectivity index (χ0v) is 8.76. The van der Waals surface area contributed by atoms with Crippen molar-refractivity contribution in [3.8, 4) is 0 Å². The lowest BCUT2D eigenvalue weighted by Gasteiger charge is -2.10. The Morgan fingerprint density at radius 1 is 1.57 bits per heavy atom. The molecule has 0 saturated carbocycles. The molecule has 0 aliphatic carbocycles. The van der Waals surface area contributed by atoms with E-state index in [2.05, 4.69) is 10.4 Å². The van der Waals surface area contributed by atoms with E-state index < -0.39 is 0 Å². The van der Waals surface area contributed by atoms with Gasteiger partial charge in [0.05, 0.1) is 5.69 Å². The highest BCUT2D eigenvalue weighted by Gasteiger charge is 2.09. The van der Waals surface area contributed by atoms with Crippen molar-refractivity contribution < 1.29 is 5.21 Å². The van der Waals surface area contributed by atoms with Gasteiger partial charge in [-0.15, -0.1) is 9.94 Å². The van der Waals surface area contributed by atoms with E-state index in [1.54, 1.807) is 14.0 Å². The minimum atomic E-state index is 0.372. The van der Waals surface area contributed by atoms with Crippen molar-refractivity contribution >= 4 is 5.82 Å². The maximum atomic E-state index is 9.45. The molecule has 3 N–H and O–H groups in total. The zero-order valence-electron chi connectivity index (χ0n) is 8.76. The van der Waals surface area contributed by atoms with Gasteiger partial charge in [0.1, 0.15) is 5.36 Å². The molecule has 1 rings (SSSR count). The van der Waals surface area contributed by atoms with Crippen molar-refractivity contribution in [2.75, 3.05) is 12.4 Å². The first-order valence-corrected chi connectivity index (χ1v) is 4.66. The van der Waals surface area contributed by atoms with E-state index in [9.17, 15) is 5.21 Å². The Kier molecular flexibility index (Phi) is 3.11. The quantitative estimate of drug-likeness (QED) is 0.629. The van der Waals surface area contributed by atoms with Gasteiger partial charge in [-0.3, -0.25) is 5.41 Å². The van der Waals surface area contributed by atoms with Crippen LogP contribution in [-0.4, -0.2) is 22.2 Å². The summed E-state index contributed by atoms with van der Waals surface area (Å²) in [4.78, 5) is 0.828. The second kappa shape index (κ2) is 4.13. The van der Waals surface area contributed by atoms with Gasteiger partial charge < -0.3 is 10.5 Å². The molecule has 1 aromatic rings. The molecule has 0 amide bonds. The van der Waals surface area contributed by atoms with Crippen molar-refractivity contribution in [3.63, 3.8) is 0 Å². The normalized spacial score (nSPS) is 10.2. The van der Waals surface area contributed by atoms with Crippen LogP contribution >= 0.6 is 0 Å². The van der Waals surface area contributed by atoms with Crippen molar-refractivity contribution in [2.45, 2.75) is 26.7 Å². The summed E-state index contributed by atoms with van der Waals surface area (Å²) < 4.78 is 0. The average molecular weight is 196 g/mol. The minimum absolute atomic E-state index is 0.372. The molecule has 0 aromatic carbocycles. The van der Waals surface area contributed by atoms with Crippen LogP contribution in [0.25, 0.3) is 0 Å². The first kappa shape index (κ1) is 10.6. The van der Waals surface area contributed by atoms with E-state index in [4.69, 9.17) is 5.41 Å². The highest BCUT2D eigenvalue weighted by Crippen LogP contribution is 2.06. The van der Waals surface area contributed by atoms with Crippen LogP contribution in [-0.2, 0) is 6.42 Å². The number of rotatable bonds is 3. The number of hydrogen-bond acceptors (Lipinski definition) is 4. The summed E-state index contributed by atoms with van der Waals surface area (Å²) in [6, 6.07) is 0. The van der Waals surface area contributed by atoms with Crippen LogP contribution in [0, 0.1) is 12.3 Å². The van der Waals surface area contributed by atoms with Gasteiger partial charge in [-0.05, 0) is 13.3 Å². The van der Waals surface area contributed by atoms with Crippen LogP contribution in [0.3, 0.4) is 0 Å². The lowest BCUT2D eigenvalue weighted by Crippen LogP contribution is -2.23. The van der Waals surface area contributed by atoms with E-state index >= 15 is 0 Å². The number of aromatic nitrogens is 2. The predicted molar refractivity (Wildman–Crippen MR) is 53.5 cm³/mol. The van der Waals surface area contributed by atoms with Crippen molar-refractivity contribution in [3.05, 3.63) is 16.6 Å². The molecular formula is C9H16N4O. The third kappa shape index (κ3) is 1.71. The molecular weight excluding hydrogens is 180 g/mol. The van der Waals surface area contributed by atoms with Crippen LogP contribution in [0.2, 0.25) is 0 Å². The minimum Gasteiger partial charge on any atom is -0.411 e. The molecule has 0 fully saturated rings. The Morgan fingerprint density at radius 2 is 2.21 bits per heavy atom. The second-order valence-corrected chi connectivity index (χ2v) is 3.18. The summed E-state index contributed by atoms with van der Waals surface area (Å²) >= 11 is 0. The monoisotopic (exact) mass is 196 g/mol. The smallest absolute Gasteiger partial charge is 0.175 e. The maximum absolute atomic E-state index is 9.45. The largest absolute Gasteiger partial charge is 0.411 e. The van der Waals surface area contributed by atoms with Crippen LogP contribution in [0.4, 0.5) is 5.82 Å². The second-order valence-electron chi connectivity index (χ2n) is 3.18. The fraction of sp³-hybridized carbons (Fsp3) is 0.556. The number of nitrogens with zero attached hydrogens (tertiary/aromatic N) is 2. The predicted octanol–water partition coefficient (Wildman–Crippen LogP) is 0.902. The molecule has 5 nitrogen and oxygen atoms in total. The van der Waals surface area contributed by atoms with E-state index in [1.807, 2.05) is 6.92 Å². The average Bonchev–Trinajstić information content (AvgIpc) is 2.18. The summed E-state index contributed by atoms with van der Waals surface area (Å²) in [6.07, 6.45) is 1.72. The molecule has 0 radical (unpaired) electrons. The molecule has 5 heteroatoms. The third-order valence-electron chi connectivity index (χ3n) is 2.21. The summed E-state index contributed by atoms with van der Waals surface area (Å²) in [7, 11) is 1.69. The number of anilines is 1. The standard InChI is InChI=1S/C9H16N4O/c1-4-5-7-6(2)13(14)12-9(11-3)8(7)10/h10,14H,4-5H2,1-3H3,(H,11,12). The molecule has 0 bridgehead atoms. The van der Waals surface area contributed by atoms with Gasteiger partial charge in [0.25, 0.3) is 0 Å². The molecule has 0 saturated heterocycles. The van der Waals surface area contributed by atoms with Gasteiger partial charge in [0.15, 0.2) is 5.82 Å². The molecule has 14 heavy (non-hydrogen) atoms. The fourth-order valence-electron chi connectivity index (χ4n) is 1.40. The third-order valence-corrected chi connectivity index (χ3v) is 2.21. The fourth-order valence-corrected chi connectivity index (χ4v) is 1.40. The van der Waals surface area contributed by atoms with Gasteiger partial charge >= 0.3 is 0 Å². The van der Waals surface area contributed by atoms with Gasteiger partial charge in [0, 0.05) is 12.6 Å². The summed E-state index contributed by atoms with van der Waals surface area (Å²) in [6.45, 7) is 3.80. The summed E-state index contributed by atoms with van der Waals surface area (Å²) in [5.74, 6) is 0.404. The SMILES string of the molecule is CCCc1c(C)n(O)nc(NC)c1=N. The Labute approximate surface area is 82.9 Å². The highest BCUT2D eigenvalue weighted by atomic mass is 16.5. The molecule has 0 spiro atoms. The molecule has 0 unspecified atom stereocenters. The van der Waals surface area contributed by atoms with Gasteiger partial charge in [-0.2, -0.15) is 0 Å². The summed E-state index contributed by atoms with van der Waals surface area (Å²) in [5.41, 5.74) is 1.48. The van der Waals surface area contributed by atoms with Crippen LogP contribution in [0.1, 0.15) is 24.6 Å². The summed E-state index contributed by atoms with van der Waals surface area (Å²) in [5, 5.41) is 24.2.